The van der Waals surface area contributed by atoms with Gasteiger partial charge in [0.2, 0.25) is 0 Å². The highest BCUT2D eigenvalue weighted by molar-refractivity contribution is 6.30. The van der Waals surface area contributed by atoms with Gasteiger partial charge in [-0.2, -0.15) is 0 Å². The van der Waals surface area contributed by atoms with E-state index in [1.165, 1.54) is 0 Å². The fraction of sp³-hybridized carbons (Fsp3) is 0.632. The van der Waals surface area contributed by atoms with Crippen LogP contribution in [0.5, 0.6) is 0 Å². The van der Waals surface area contributed by atoms with E-state index in [0.29, 0.717) is 10.6 Å². The smallest absolute Gasteiger partial charge is 0.343 e. The predicted octanol–water partition coefficient (Wildman–Crippen LogP) is 3.11. The van der Waals surface area contributed by atoms with Crippen molar-refractivity contribution in [2.75, 3.05) is 27.2 Å². The van der Waals surface area contributed by atoms with Crippen molar-refractivity contribution < 1.29 is 19.1 Å². The average molecular weight is 353 g/mol. The van der Waals surface area contributed by atoms with Gasteiger partial charge in [-0.3, -0.25) is 0 Å². The minimum atomic E-state index is -1.57. The molecule has 0 radical (unpaired) electrons. The minimum absolute atomic E-state index is 0.0879. The normalized spacial score (nSPS) is 26.2. The first kappa shape index (κ1) is 17.7. The number of esters is 1. The summed E-state index contributed by atoms with van der Waals surface area (Å²) in [6.07, 6.45) is 4.51. The van der Waals surface area contributed by atoms with Crippen LogP contribution in [0.3, 0.4) is 0 Å². The summed E-state index contributed by atoms with van der Waals surface area (Å²) in [5, 5.41) is 12.0. The van der Waals surface area contributed by atoms with E-state index in [0.717, 1.165) is 49.7 Å². The van der Waals surface area contributed by atoms with Crippen LogP contribution in [0.4, 0.5) is 0 Å². The van der Waals surface area contributed by atoms with Crippen LogP contribution in [-0.4, -0.2) is 48.8 Å². The molecule has 0 amide bonds. The second-order valence-electron chi connectivity index (χ2n) is 7.91. The van der Waals surface area contributed by atoms with Crippen LogP contribution in [0.2, 0.25) is 5.02 Å². The van der Waals surface area contributed by atoms with Gasteiger partial charge in [-0.1, -0.05) is 36.6 Å². The zero-order chi connectivity index (χ0) is 17.4. The average Bonchev–Trinajstić information content (AvgIpc) is 3.17. The Morgan fingerprint density at radius 2 is 1.83 bits per heavy atom. The molecule has 1 heterocycles. The van der Waals surface area contributed by atoms with Crippen molar-refractivity contribution in [2.24, 2.45) is 5.92 Å². The maximum Gasteiger partial charge on any atom is 0.343 e. The highest BCUT2D eigenvalue weighted by Crippen LogP contribution is 2.42. The summed E-state index contributed by atoms with van der Waals surface area (Å²) in [6, 6.07) is 6.94. The molecule has 1 aliphatic carbocycles. The molecule has 2 aliphatic rings. The zero-order valence-electron chi connectivity index (χ0n) is 14.5. The molecule has 3 rings (SSSR count). The van der Waals surface area contributed by atoms with E-state index in [9.17, 15) is 9.90 Å². The molecule has 1 aromatic rings. The lowest BCUT2D eigenvalue weighted by molar-refractivity contribution is -0.879. The Morgan fingerprint density at radius 3 is 2.38 bits per heavy atom. The second-order valence-corrected chi connectivity index (χ2v) is 8.35. The van der Waals surface area contributed by atoms with Gasteiger partial charge in [0.1, 0.15) is 6.54 Å². The number of likely N-dealkylation sites (N-methyl/N-ethyl adjacent to an activating group) is 1. The van der Waals surface area contributed by atoms with Crippen LogP contribution in [0.1, 0.15) is 37.7 Å². The molecule has 1 aromatic carbocycles. The van der Waals surface area contributed by atoms with Gasteiger partial charge in [-0.15, -0.1) is 0 Å². The van der Waals surface area contributed by atoms with Crippen LogP contribution in [0.25, 0.3) is 0 Å². The molecule has 0 spiro atoms. The highest BCUT2D eigenvalue weighted by Gasteiger charge is 2.49. The maximum absolute atomic E-state index is 13.0. The van der Waals surface area contributed by atoms with Gasteiger partial charge in [-0.05, 0) is 30.5 Å². The number of carbonyl (C=O) groups is 1. The molecule has 1 saturated heterocycles. The number of rotatable bonds is 4. The summed E-state index contributed by atoms with van der Waals surface area (Å²) >= 11 is 5.97. The molecule has 0 bridgehead atoms. The number of benzene rings is 1. The Labute approximate surface area is 149 Å². The number of aliphatic hydroxyl groups is 1. The van der Waals surface area contributed by atoms with Crippen molar-refractivity contribution >= 4 is 17.6 Å². The molecular weight excluding hydrogens is 326 g/mol. The number of hydrogen-bond acceptors (Lipinski definition) is 3. The summed E-state index contributed by atoms with van der Waals surface area (Å²) in [6.45, 7) is 1.79. The molecule has 4 nitrogen and oxygen atoms in total. The van der Waals surface area contributed by atoms with E-state index >= 15 is 0 Å². The van der Waals surface area contributed by atoms with E-state index in [-0.39, 0.29) is 12.0 Å². The van der Waals surface area contributed by atoms with Gasteiger partial charge in [0.05, 0.1) is 20.6 Å². The largest absolute Gasteiger partial charge is 0.454 e. The summed E-state index contributed by atoms with van der Waals surface area (Å²) < 4.78 is 6.62. The second kappa shape index (κ2) is 6.66. The fourth-order valence-electron chi connectivity index (χ4n) is 4.13. The summed E-state index contributed by atoms with van der Waals surface area (Å²) in [5.41, 5.74) is -0.976. The van der Waals surface area contributed by atoms with E-state index in [4.69, 9.17) is 16.3 Å². The van der Waals surface area contributed by atoms with Crippen molar-refractivity contribution in [3.8, 4) is 0 Å². The van der Waals surface area contributed by atoms with E-state index in [1.54, 1.807) is 24.3 Å². The van der Waals surface area contributed by atoms with Gasteiger partial charge < -0.3 is 14.3 Å². The first-order valence-electron chi connectivity index (χ1n) is 8.83. The first-order valence-corrected chi connectivity index (χ1v) is 9.20. The zero-order valence-corrected chi connectivity index (χ0v) is 15.3. The number of ether oxygens (including phenoxy) is 1. The first-order chi connectivity index (χ1) is 11.3. The van der Waals surface area contributed by atoms with Crippen LogP contribution in [-0.2, 0) is 15.1 Å². The number of carbonyl (C=O) groups excluding carboxylic acids is 1. The Morgan fingerprint density at radius 1 is 1.21 bits per heavy atom. The summed E-state index contributed by atoms with van der Waals surface area (Å²) in [4.78, 5) is 13.0. The lowest BCUT2D eigenvalue weighted by Crippen LogP contribution is -2.46. The van der Waals surface area contributed by atoms with Gasteiger partial charge in [0.15, 0.2) is 11.7 Å². The molecule has 24 heavy (non-hydrogen) atoms. The third-order valence-electron chi connectivity index (χ3n) is 5.57. The summed E-state index contributed by atoms with van der Waals surface area (Å²) in [5.74, 6) is -0.585. The van der Waals surface area contributed by atoms with Crippen molar-refractivity contribution in [2.45, 2.75) is 43.8 Å². The Hall–Kier alpha value is -1.10. The molecule has 2 fully saturated rings. The van der Waals surface area contributed by atoms with Crippen LogP contribution < -0.4 is 0 Å². The standard InChI is InChI=1S/C19H27ClNO3/c1-21(2)12-11-17(13-21)24-18(22)19(23,14-5-3-4-6-14)15-7-9-16(20)10-8-15/h7-10,14,17,23H,3-6,11-13H2,1-2H3/q+1/t17-,19?/m1/s1. The molecule has 132 valence electrons. The van der Waals surface area contributed by atoms with Crippen molar-refractivity contribution in [3.05, 3.63) is 34.9 Å². The molecule has 1 unspecified atom stereocenters. The van der Waals surface area contributed by atoms with Gasteiger partial charge >= 0.3 is 5.97 Å². The summed E-state index contributed by atoms with van der Waals surface area (Å²) in [7, 11) is 4.27. The van der Waals surface area contributed by atoms with Gasteiger partial charge in [-0.25, -0.2) is 4.79 Å². The fourth-order valence-corrected chi connectivity index (χ4v) is 4.26. The lowest BCUT2D eigenvalue weighted by Gasteiger charge is -2.33. The van der Waals surface area contributed by atoms with Crippen LogP contribution >= 0.6 is 11.6 Å². The van der Waals surface area contributed by atoms with E-state index in [1.807, 2.05) is 0 Å². The van der Waals surface area contributed by atoms with Gasteiger partial charge in [0.25, 0.3) is 0 Å². The van der Waals surface area contributed by atoms with Crippen molar-refractivity contribution in [1.29, 1.82) is 0 Å². The molecule has 1 aliphatic heterocycles. The monoisotopic (exact) mass is 352 g/mol. The minimum Gasteiger partial charge on any atom is -0.454 e. The van der Waals surface area contributed by atoms with Gasteiger partial charge in [0, 0.05) is 17.4 Å². The Kier molecular flexibility index (Phi) is 4.92. The molecule has 1 N–H and O–H groups in total. The third kappa shape index (κ3) is 3.46. The van der Waals surface area contributed by atoms with E-state index < -0.39 is 11.6 Å². The van der Waals surface area contributed by atoms with E-state index in [2.05, 4.69) is 14.1 Å². The lowest BCUT2D eigenvalue weighted by atomic mass is 9.80. The number of quaternary nitrogens is 1. The molecule has 2 atom stereocenters. The topological polar surface area (TPSA) is 46.5 Å². The third-order valence-corrected chi connectivity index (χ3v) is 5.82. The Balaban J connectivity index is 1.84. The number of halogens is 1. The maximum atomic E-state index is 13.0. The van der Waals surface area contributed by atoms with Crippen molar-refractivity contribution in [3.63, 3.8) is 0 Å². The van der Waals surface area contributed by atoms with Crippen molar-refractivity contribution in [1.82, 2.24) is 0 Å². The molecule has 0 aromatic heterocycles. The predicted molar refractivity (Wildman–Crippen MR) is 93.6 cm³/mol. The SMILES string of the molecule is C[N+]1(C)CC[C@@H](OC(=O)C(O)(c2ccc(Cl)cc2)C2CCCC2)C1. The molecule has 5 heteroatoms. The molecular formula is C19H27ClNO3+. The quantitative estimate of drug-likeness (QED) is 0.669. The number of likely N-dealkylation sites (tertiary alicyclic amines) is 1. The van der Waals surface area contributed by atoms with Crippen LogP contribution in [0.15, 0.2) is 24.3 Å². The highest BCUT2D eigenvalue weighted by atomic mass is 35.5. The number of nitrogens with zero attached hydrogens (tertiary/aromatic N) is 1. The molecule has 1 saturated carbocycles. The van der Waals surface area contributed by atoms with Crippen LogP contribution in [0, 0.1) is 5.92 Å². The Bertz CT molecular complexity index is 595. The number of hydrogen-bond donors (Lipinski definition) is 1.